The van der Waals surface area contributed by atoms with Crippen molar-refractivity contribution in [3.63, 3.8) is 0 Å². The van der Waals surface area contributed by atoms with Crippen LogP contribution in [0.3, 0.4) is 0 Å². The molecule has 7 nitrogen and oxygen atoms in total. The third-order valence-corrected chi connectivity index (χ3v) is 5.83. The Morgan fingerprint density at radius 1 is 1.19 bits per heavy atom. The maximum absolute atomic E-state index is 13.2. The van der Waals surface area contributed by atoms with E-state index in [0.717, 1.165) is 11.1 Å². The number of nitrogens with zero attached hydrogens (tertiary/aromatic N) is 2. The topological polar surface area (TPSA) is 79.0 Å². The molecule has 2 aromatic carbocycles. The van der Waals surface area contributed by atoms with Crippen molar-refractivity contribution < 1.29 is 19.1 Å². The van der Waals surface area contributed by atoms with E-state index in [0.29, 0.717) is 30.8 Å². The molecule has 0 aromatic heterocycles. The molecule has 2 atom stereocenters. The highest BCUT2D eigenvalue weighted by molar-refractivity contribution is 6.04. The Labute approximate surface area is 181 Å². The van der Waals surface area contributed by atoms with E-state index in [-0.39, 0.29) is 24.3 Å². The normalized spacial score (nSPS) is 19.5. The molecule has 7 heteroatoms. The second-order valence-electron chi connectivity index (χ2n) is 7.71. The summed E-state index contributed by atoms with van der Waals surface area (Å²) in [5, 5.41) is 2.66. The van der Waals surface area contributed by atoms with Gasteiger partial charge in [-0.25, -0.2) is 4.79 Å². The van der Waals surface area contributed by atoms with E-state index >= 15 is 0 Å². The molecular weight excluding hydrogens is 394 g/mol. The second kappa shape index (κ2) is 8.63. The van der Waals surface area contributed by atoms with Crippen molar-refractivity contribution >= 4 is 23.6 Å². The van der Waals surface area contributed by atoms with Gasteiger partial charge in [0.1, 0.15) is 12.6 Å². The molecular formula is C24H25N3O4. The highest BCUT2D eigenvalue weighted by Gasteiger charge is 2.45. The van der Waals surface area contributed by atoms with Gasteiger partial charge in [-0.1, -0.05) is 42.5 Å². The van der Waals surface area contributed by atoms with Crippen LogP contribution in [-0.4, -0.2) is 49.0 Å². The second-order valence-corrected chi connectivity index (χ2v) is 7.71. The van der Waals surface area contributed by atoms with Gasteiger partial charge in [0.2, 0.25) is 5.91 Å². The summed E-state index contributed by atoms with van der Waals surface area (Å²) in [4.78, 5) is 42.0. The molecule has 2 aliphatic heterocycles. The number of nitrogens with one attached hydrogen (secondary N) is 1. The van der Waals surface area contributed by atoms with Crippen LogP contribution >= 0.6 is 0 Å². The van der Waals surface area contributed by atoms with Crippen molar-refractivity contribution in [1.29, 1.82) is 0 Å². The van der Waals surface area contributed by atoms with E-state index in [9.17, 15) is 14.4 Å². The zero-order valence-electron chi connectivity index (χ0n) is 17.4. The number of hydrogen-bond donors (Lipinski definition) is 1. The summed E-state index contributed by atoms with van der Waals surface area (Å²) >= 11 is 0. The maximum atomic E-state index is 13.2. The number of anilines is 1. The number of carbonyl (C=O) groups is 3. The minimum atomic E-state index is -0.722. The molecule has 0 saturated heterocycles. The lowest BCUT2D eigenvalue weighted by atomic mass is 9.79. The Kier molecular flexibility index (Phi) is 5.75. The van der Waals surface area contributed by atoms with Crippen molar-refractivity contribution in [3.05, 3.63) is 77.9 Å². The molecule has 0 saturated carbocycles. The van der Waals surface area contributed by atoms with Crippen LogP contribution in [-0.2, 0) is 16.1 Å². The molecule has 3 amide bonds. The number of likely N-dealkylation sites (N-methyl/N-ethyl adjacent to an activating group) is 1. The molecule has 0 bridgehead atoms. The highest BCUT2D eigenvalue weighted by Crippen LogP contribution is 2.44. The molecule has 0 fully saturated rings. The third-order valence-electron chi connectivity index (χ3n) is 5.83. The zero-order valence-corrected chi connectivity index (χ0v) is 17.4. The van der Waals surface area contributed by atoms with E-state index in [1.54, 1.807) is 36.2 Å². The van der Waals surface area contributed by atoms with Crippen molar-refractivity contribution in [2.24, 2.45) is 0 Å². The summed E-state index contributed by atoms with van der Waals surface area (Å²) in [6.45, 7) is 4.75. The summed E-state index contributed by atoms with van der Waals surface area (Å²) in [5.74, 6) is -0.409. The summed E-state index contributed by atoms with van der Waals surface area (Å²) in [7, 11) is 1.55. The van der Waals surface area contributed by atoms with Crippen LogP contribution in [0.15, 0.2) is 61.2 Å². The molecule has 0 spiro atoms. The van der Waals surface area contributed by atoms with E-state index in [4.69, 9.17) is 4.74 Å². The Bertz CT molecular complexity index is 1020. The molecule has 160 valence electrons. The molecule has 31 heavy (non-hydrogen) atoms. The van der Waals surface area contributed by atoms with Gasteiger partial charge in [0.05, 0.1) is 5.69 Å². The van der Waals surface area contributed by atoms with E-state index in [1.807, 2.05) is 30.3 Å². The van der Waals surface area contributed by atoms with Gasteiger partial charge < -0.3 is 15.0 Å². The van der Waals surface area contributed by atoms with Gasteiger partial charge in [0.25, 0.3) is 5.91 Å². The lowest BCUT2D eigenvalue weighted by molar-refractivity contribution is -0.122. The van der Waals surface area contributed by atoms with Crippen LogP contribution in [0.25, 0.3) is 0 Å². The first-order valence-corrected chi connectivity index (χ1v) is 10.3. The van der Waals surface area contributed by atoms with Crippen LogP contribution in [0.5, 0.6) is 0 Å². The summed E-state index contributed by atoms with van der Waals surface area (Å²) < 4.78 is 5.56. The van der Waals surface area contributed by atoms with Crippen LogP contribution in [0.4, 0.5) is 10.5 Å². The Hall–Kier alpha value is -3.61. The Balaban J connectivity index is 1.71. The van der Waals surface area contributed by atoms with Crippen LogP contribution < -0.4 is 10.2 Å². The van der Waals surface area contributed by atoms with Crippen LogP contribution in [0.2, 0.25) is 0 Å². The van der Waals surface area contributed by atoms with E-state index in [1.165, 1.54) is 4.90 Å². The summed E-state index contributed by atoms with van der Waals surface area (Å²) in [6, 6.07) is 13.9. The van der Waals surface area contributed by atoms with Crippen LogP contribution in [0.1, 0.15) is 33.8 Å². The fourth-order valence-corrected chi connectivity index (χ4v) is 4.44. The Morgan fingerprint density at radius 2 is 1.97 bits per heavy atom. The van der Waals surface area contributed by atoms with Gasteiger partial charge in [-0.3, -0.25) is 14.5 Å². The van der Waals surface area contributed by atoms with Crippen molar-refractivity contribution in [1.82, 2.24) is 10.2 Å². The SMILES string of the molecule is C=CCN1C[C@@H]2C[C@@H](C(=O)NC)N(C(=O)OCc3ccccc3)c3cccc(c32)C1=O. The molecule has 4 rings (SSSR count). The number of amides is 3. The van der Waals surface area contributed by atoms with Gasteiger partial charge in [0, 0.05) is 31.6 Å². The minimum absolute atomic E-state index is 0.0516. The fourth-order valence-electron chi connectivity index (χ4n) is 4.44. The number of rotatable bonds is 5. The molecule has 2 heterocycles. The molecule has 2 aromatic rings. The Morgan fingerprint density at radius 3 is 2.68 bits per heavy atom. The maximum Gasteiger partial charge on any atom is 0.415 e. The summed E-state index contributed by atoms with van der Waals surface area (Å²) in [6.07, 6.45) is 1.50. The number of carbonyl (C=O) groups excluding carboxylic acids is 3. The van der Waals surface area contributed by atoms with Gasteiger partial charge in [-0.2, -0.15) is 0 Å². The van der Waals surface area contributed by atoms with Crippen molar-refractivity contribution in [3.8, 4) is 0 Å². The number of benzene rings is 2. The van der Waals surface area contributed by atoms with Gasteiger partial charge in [-0.05, 0) is 29.7 Å². The molecule has 2 aliphatic rings. The molecule has 0 unspecified atom stereocenters. The molecule has 1 N–H and O–H groups in total. The predicted molar refractivity (Wildman–Crippen MR) is 117 cm³/mol. The first-order chi connectivity index (χ1) is 15.0. The monoisotopic (exact) mass is 419 g/mol. The number of ether oxygens (including phenoxy) is 1. The highest BCUT2D eigenvalue weighted by atomic mass is 16.6. The zero-order chi connectivity index (χ0) is 22.0. The molecule has 0 radical (unpaired) electrons. The van der Waals surface area contributed by atoms with Gasteiger partial charge >= 0.3 is 6.09 Å². The first kappa shape index (κ1) is 20.7. The average molecular weight is 419 g/mol. The lowest BCUT2D eigenvalue weighted by Crippen LogP contribution is -2.55. The average Bonchev–Trinajstić information content (AvgIpc) is 2.80. The first-order valence-electron chi connectivity index (χ1n) is 10.3. The standard InChI is InChI=1S/C24H25N3O4/c1-3-12-26-14-17-13-20(22(28)25-2)27(19-11-7-10-18(21(17)19)23(26)29)24(30)31-15-16-8-5-4-6-9-16/h3-11,17,20H,1,12-15H2,2H3,(H,25,28)/t17-,20-/m0/s1. The van der Waals surface area contributed by atoms with Crippen LogP contribution in [0, 0.1) is 0 Å². The van der Waals surface area contributed by atoms with Crippen molar-refractivity contribution in [2.75, 3.05) is 25.0 Å². The number of hydrogen-bond acceptors (Lipinski definition) is 4. The smallest absolute Gasteiger partial charge is 0.415 e. The van der Waals surface area contributed by atoms with Crippen molar-refractivity contribution in [2.45, 2.75) is 25.0 Å². The van der Waals surface area contributed by atoms with E-state index in [2.05, 4.69) is 11.9 Å². The van der Waals surface area contributed by atoms with Gasteiger partial charge in [-0.15, -0.1) is 6.58 Å². The minimum Gasteiger partial charge on any atom is -0.444 e. The van der Waals surface area contributed by atoms with Gasteiger partial charge in [0.15, 0.2) is 0 Å². The largest absolute Gasteiger partial charge is 0.444 e. The predicted octanol–water partition coefficient (Wildman–Crippen LogP) is 3.07. The lowest BCUT2D eigenvalue weighted by Gasteiger charge is -2.44. The fraction of sp³-hybridized carbons (Fsp3) is 0.292. The molecule has 0 aliphatic carbocycles. The third kappa shape index (κ3) is 3.79. The quantitative estimate of drug-likeness (QED) is 0.756. The summed E-state index contributed by atoms with van der Waals surface area (Å²) in [5.41, 5.74) is 2.79. The van der Waals surface area contributed by atoms with E-state index < -0.39 is 12.1 Å².